The predicted molar refractivity (Wildman–Crippen MR) is 155 cm³/mol. The van der Waals surface area contributed by atoms with E-state index in [1.165, 1.54) is 0 Å². The maximum Gasteiger partial charge on any atom is 0.408 e. The molecule has 0 spiro atoms. The summed E-state index contributed by atoms with van der Waals surface area (Å²) < 4.78 is 5.45. The van der Waals surface area contributed by atoms with Gasteiger partial charge in [0.25, 0.3) is 5.91 Å². The number of ether oxygens (including phenoxy) is 1. The minimum Gasteiger partial charge on any atom is -0.444 e. The highest BCUT2D eigenvalue weighted by Gasteiger charge is 2.44. The molecule has 7 nitrogen and oxygen atoms in total. The Morgan fingerprint density at radius 1 is 1.08 bits per heavy atom. The molecule has 0 bridgehead atoms. The number of halogens is 1. The highest BCUT2D eigenvalue weighted by atomic mass is 35.5. The Morgan fingerprint density at radius 3 is 2.32 bits per heavy atom. The van der Waals surface area contributed by atoms with Gasteiger partial charge in [0.15, 0.2) is 0 Å². The Balaban J connectivity index is 2.01. The highest BCUT2D eigenvalue weighted by Crippen LogP contribution is 2.38. The number of aryl methyl sites for hydroxylation is 2. The third-order valence-electron chi connectivity index (χ3n) is 6.27. The molecule has 0 aliphatic heterocycles. The van der Waals surface area contributed by atoms with Crippen LogP contribution in [-0.2, 0) is 14.3 Å². The maximum atomic E-state index is 14.2. The standard InChI is InChI=1S/C29H38ClN3O4S/c1-18-10-7-8-12-21(18)25(26(34)32-24-19(2)11-9-13-22(24)30)33(20-14-15-20)27(35)23(16-17-38-6)31-28(36)37-29(3,4)5/h7-13,20,23,25H,14-17H2,1-6H3,(H,31,36)(H,32,34). The summed E-state index contributed by atoms with van der Waals surface area (Å²) in [6, 6.07) is 11.1. The van der Waals surface area contributed by atoms with Gasteiger partial charge >= 0.3 is 6.09 Å². The van der Waals surface area contributed by atoms with E-state index in [4.69, 9.17) is 16.3 Å². The Morgan fingerprint density at radius 2 is 1.74 bits per heavy atom. The molecule has 3 amide bonds. The Kier molecular flexibility index (Phi) is 10.1. The average Bonchev–Trinajstić information content (AvgIpc) is 3.66. The molecule has 1 aliphatic rings. The molecule has 0 aromatic heterocycles. The summed E-state index contributed by atoms with van der Waals surface area (Å²) in [5.41, 5.74) is 2.26. The van der Waals surface area contributed by atoms with Crippen LogP contribution in [0.4, 0.5) is 10.5 Å². The molecule has 206 valence electrons. The number of hydrogen-bond acceptors (Lipinski definition) is 5. The summed E-state index contributed by atoms with van der Waals surface area (Å²) in [7, 11) is 0. The van der Waals surface area contributed by atoms with Gasteiger partial charge in [0.1, 0.15) is 17.7 Å². The van der Waals surface area contributed by atoms with Crippen LogP contribution in [-0.4, -0.2) is 52.5 Å². The van der Waals surface area contributed by atoms with E-state index in [1.807, 2.05) is 56.5 Å². The molecule has 2 N–H and O–H groups in total. The Labute approximate surface area is 235 Å². The second kappa shape index (κ2) is 12.9. The van der Waals surface area contributed by atoms with Gasteiger partial charge in [0, 0.05) is 6.04 Å². The highest BCUT2D eigenvalue weighted by molar-refractivity contribution is 7.98. The van der Waals surface area contributed by atoms with Gasteiger partial charge in [-0.2, -0.15) is 11.8 Å². The topological polar surface area (TPSA) is 87.7 Å². The van der Waals surface area contributed by atoms with Gasteiger partial charge < -0.3 is 20.3 Å². The van der Waals surface area contributed by atoms with Crippen molar-refractivity contribution in [2.45, 2.75) is 77.6 Å². The Bertz CT molecular complexity index is 1140. The number of amides is 3. The number of benzene rings is 2. The molecule has 2 aromatic rings. The lowest BCUT2D eigenvalue weighted by Crippen LogP contribution is -2.53. The predicted octanol–water partition coefficient (Wildman–Crippen LogP) is 6.27. The number of carbonyl (C=O) groups is 3. The van der Waals surface area contributed by atoms with Crippen molar-refractivity contribution in [3.8, 4) is 0 Å². The normalized spacial score (nSPS) is 14.8. The number of thioether (sulfide) groups is 1. The van der Waals surface area contributed by atoms with E-state index in [2.05, 4.69) is 10.6 Å². The van der Waals surface area contributed by atoms with Gasteiger partial charge in [-0.05, 0) is 88.6 Å². The van der Waals surface area contributed by atoms with Gasteiger partial charge in [0.05, 0.1) is 10.7 Å². The first-order valence-corrected chi connectivity index (χ1v) is 14.6. The molecule has 3 rings (SSSR count). The number of hydrogen-bond donors (Lipinski definition) is 2. The number of para-hydroxylation sites is 1. The molecule has 0 heterocycles. The van der Waals surface area contributed by atoms with Crippen LogP contribution in [0.3, 0.4) is 0 Å². The van der Waals surface area contributed by atoms with Crippen LogP contribution in [0.15, 0.2) is 42.5 Å². The monoisotopic (exact) mass is 559 g/mol. The molecule has 2 aromatic carbocycles. The minimum absolute atomic E-state index is 0.109. The summed E-state index contributed by atoms with van der Waals surface area (Å²) >= 11 is 8.02. The number of nitrogens with zero attached hydrogens (tertiary/aromatic N) is 1. The summed E-state index contributed by atoms with van der Waals surface area (Å²) in [6.07, 6.45) is 3.27. The quantitative estimate of drug-likeness (QED) is 0.358. The maximum absolute atomic E-state index is 14.2. The molecular weight excluding hydrogens is 522 g/mol. The van der Waals surface area contributed by atoms with Crippen molar-refractivity contribution in [1.29, 1.82) is 0 Å². The molecule has 1 fully saturated rings. The number of nitrogens with one attached hydrogen (secondary N) is 2. The Hall–Kier alpha value is -2.71. The van der Waals surface area contributed by atoms with E-state index in [1.54, 1.807) is 43.5 Å². The zero-order chi connectivity index (χ0) is 28.0. The second-order valence-corrected chi connectivity index (χ2v) is 12.0. The summed E-state index contributed by atoms with van der Waals surface area (Å²) in [5.74, 6) is 0.00780. The second-order valence-electron chi connectivity index (χ2n) is 10.6. The lowest BCUT2D eigenvalue weighted by atomic mass is 9.97. The third-order valence-corrected chi connectivity index (χ3v) is 7.23. The molecule has 1 aliphatic carbocycles. The van der Waals surface area contributed by atoms with Crippen LogP contribution in [0.25, 0.3) is 0 Å². The van der Waals surface area contributed by atoms with Crippen LogP contribution in [0.5, 0.6) is 0 Å². The van der Waals surface area contributed by atoms with E-state index >= 15 is 0 Å². The molecule has 0 saturated heterocycles. The molecule has 2 unspecified atom stereocenters. The third kappa shape index (κ3) is 7.90. The smallest absolute Gasteiger partial charge is 0.408 e. The van der Waals surface area contributed by atoms with Crippen molar-refractivity contribution >= 4 is 47.0 Å². The van der Waals surface area contributed by atoms with Crippen molar-refractivity contribution < 1.29 is 19.1 Å². The molecular formula is C29H38ClN3O4S. The van der Waals surface area contributed by atoms with Crippen molar-refractivity contribution in [1.82, 2.24) is 10.2 Å². The van der Waals surface area contributed by atoms with Gasteiger partial charge in [-0.1, -0.05) is 48.0 Å². The SMILES string of the molecule is CSCCC(NC(=O)OC(C)(C)C)C(=O)N(C1CC1)C(C(=O)Nc1c(C)cccc1Cl)c1ccccc1C. The zero-order valence-corrected chi connectivity index (χ0v) is 24.5. The summed E-state index contributed by atoms with van der Waals surface area (Å²) in [6.45, 7) is 9.12. The number of carbonyl (C=O) groups excluding carboxylic acids is 3. The van der Waals surface area contributed by atoms with E-state index in [0.717, 1.165) is 29.5 Å². The fourth-order valence-electron chi connectivity index (χ4n) is 4.29. The fraction of sp³-hybridized carbons (Fsp3) is 0.483. The fourth-order valence-corrected chi connectivity index (χ4v) is 5.03. The van der Waals surface area contributed by atoms with E-state index in [-0.39, 0.29) is 17.9 Å². The van der Waals surface area contributed by atoms with E-state index in [9.17, 15) is 14.4 Å². The van der Waals surface area contributed by atoms with Crippen LogP contribution in [0, 0.1) is 13.8 Å². The number of alkyl carbamates (subject to hydrolysis) is 1. The number of rotatable bonds is 10. The van der Waals surface area contributed by atoms with Crippen molar-refractivity contribution in [3.63, 3.8) is 0 Å². The van der Waals surface area contributed by atoms with Crippen molar-refractivity contribution in [2.24, 2.45) is 0 Å². The minimum atomic E-state index is -0.899. The lowest BCUT2D eigenvalue weighted by molar-refractivity contribution is -0.141. The first-order chi connectivity index (χ1) is 17.9. The molecule has 9 heteroatoms. The van der Waals surface area contributed by atoms with Gasteiger partial charge in [0.2, 0.25) is 5.91 Å². The zero-order valence-electron chi connectivity index (χ0n) is 23.0. The average molecular weight is 560 g/mol. The molecule has 2 atom stereocenters. The largest absolute Gasteiger partial charge is 0.444 e. The first kappa shape index (κ1) is 29.8. The van der Waals surface area contributed by atoms with Crippen LogP contribution in [0.2, 0.25) is 5.02 Å². The van der Waals surface area contributed by atoms with Gasteiger partial charge in [-0.3, -0.25) is 9.59 Å². The van der Waals surface area contributed by atoms with Crippen molar-refractivity contribution in [3.05, 3.63) is 64.2 Å². The molecule has 0 radical (unpaired) electrons. The number of anilines is 1. The van der Waals surface area contributed by atoms with E-state index < -0.39 is 23.8 Å². The molecule has 1 saturated carbocycles. The van der Waals surface area contributed by atoms with Crippen LogP contribution < -0.4 is 10.6 Å². The van der Waals surface area contributed by atoms with Gasteiger partial charge in [-0.25, -0.2) is 4.79 Å². The van der Waals surface area contributed by atoms with Gasteiger partial charge in [-0.15, -0.1) is 0 Å². The van der Waals surface area contributed by atoms with Crippen molar-refractivity contribution in [2.75, 3.05) is 17.3 Å². The first-order valence-electron chi connectivity index (χ1n) is 12.8. The molecule has 38 heavy (non-hydrogen) atoms. The summed E-state index contributed by atoms with van der Waals surface area (Å²) in [4.78, 5) is 42.5. The summed E-state index contributed by atoms with van der Waals surface area (Å²) in [5, 5.41) is 6.20. The van der Waals surface area contributed by atoms with Crippen LogP contribution >= 0.6 is 23.4 Å². The lowest BCUT2D eigenvalue weighted by Gasteiger charge is -2.35. The van der Waals surface area contributed by atoms with Crippen LogP contribution in [0.1, 0.15) is 62.8 Å². The van der Waals surface area contributed by atoms with E-state index in [0.29, 0.717) is 22.9 Å².